The summed E-state index contributed by atoms with van der Waals surface area (Å²) < 4.78 is 0. The van der Waals surface area contributed by atoms with Crippen LogP contribution in [0.2, 0.25) is 0 Å². The van der Waals surface area contributed by atoms with Gasteiger partial charge in [0.2, 0.25) is 35.4 Å². The second-order valence-electron chi connectivity index (χ2n) is 18.1. The summed E-state index contributed by atoms with van der Waals surface area (Å²) >= 11 is 0. The second-order valence-corrected chi connectivity index (χ2v) is 18.1. The maximum atomic E-state index is 11.6. The second kappa shape index (κ2) is 31.3. The molecule has 6 fully saturated rings. The number of amides is 6. The number of nitrogens with zero attached hydrogens (tertiary/aromatic N) is 12. The summed E-state index contributed by atoms with van der Waals surface area (Å²) in [5, 5.41) is 0. The van der Waals surface area contributed by atoms with Crippen molar-refractivity contribution >= 4 is 35.4 Å². The van der Waals surface area contributed by atoms with Crippen LogP contribution in [0, 0.1) is 0 Å². The predicted molar refractivity (Wildman–Crippen MR) is 269 cm³/mol. The van der Waals surface area contributed by atoms with E-state index >= 15 is 0 Å². The molecule has 0 aliphatic carbocycles. The number of aromatic nitrogens is 6. The van der Waals surface area contributed by atoms with Crippen LogP contribution < -0.4 is 29.9 Å². The van der Waals surface area contributed by atoms with Crippen LogP contribution in [-0.2, 0) is 34.1 Å². The molecule has 0 spiro atoms. The first-order valence-corrected chi connectivity index (χ1v) is 25.5. The molecular weight excluding hydrogens is 1020 g/mol. The maximum Gasteiger partial charge on any atom is 3.00 e. The van der Waals surface area contributed by atoms with E-state index in [1.54, 1.807) is 110 Å². The Morgan fingerprint density at radius 3 is 0.459 bits per heavy atom. The first kappa shape index (κ1) is 58.4. The van der Waals surface area contributed by atoms with Gasteiger partial charge in [0.15, 0.2) is 0 Å². The van der Waals surface area contributed by atoms with Gasteiger partial charge < -0.3 is 59.3 Å². The summed E-state index contributed by atoms with van der Waals surface area (Å²) in [7, 11) is 0. The van der Waals surface area contributed by atoms with Crippen LogP contribution in [0.4, 0.5) is 0 Å². The van der Waals surface area contributed by atoms with Crippen molar-refractivity contribution in [2.24, 2.45) is 0 Å². The smallest absolute Gasteiger partial charge is 0.660 e. The summed E-state index contributed by atoms with van der Waals surface area (Å²) in [6, 6.07) is 21.4. The van der Waals surface area contributed by atoms with Gasteiger partial charge in [0.1, 0.15) is 0 Å². The summed E-state index contributed by atoms with van der Waals surface area (Å²) in [5.41, 5.74) is 3.48. The number of carbonyl (C=O) groups excluding carboxylic acids is 6. The molecular formula is C54H66Fe2N12O6. The fourth-order valence-corrected chi connectivity index (χ4v) is 9.06. The van der Waals surface area contributed by atoms with Gasteiger partial charge >= 0.3 is 34.1 Å². The number of rotatable bonds is 6. The average Bonchev–Trinajstić information content (AvgIpc) is 4.28. The van der Waals surface area contributed by atoms with Gasteiger partial charge in [-0.3, -0.25) is 28.8 Å². The van der Waals surface area contributed by atoms with Crippen molar-refractivity contribution in [3.8, 4) is 0 Å². The Balaban J connectivity index is 0.000000164. The summed E-state index contributed by atoms with van der Waals surface area (Å²) in [6.45, 7) is 10.7. The predicted octanol–water partition coefficient (Wildman–Crippen LogP) is 5.27. The van der Waals surface area contributed by atoms with E-state index in [-0.39, 0.29) is 69.6 Å². The monoisotopic (exact) mass is 1090 g/mol. The summed E-state index contributed by atoms with van der Waals surface area (Å²) in [6.07, 6.45) is 23.5. The van der Waals surface area contributed by atoms with Crippen LogP contribution in [0.15, 0.2) is 110 Å². The molecule has 0 unspecified atom stereocenters. The minimum absolute atomic E-state index is 0. The van der Waals surface area contributed by atoms with E-state index in [1.807, 2.05) is 29.4 Å². The molecule has 0 aromatic carbocycles. The molecule has 6 saturated heterocycles. The molecule has 74 heavy (non-hydrogen) atoms. The van der Waals surface area contributed by atoms with E-state index in [2.05, 4.69) is 29.9 Å². The molecule has 6 aromatic heterocycles. The van der Waals surface area contributed by atoms with Crippen LogP contribution in [0.25, 0.3) is 0 Å². The molecule has 0 bridgehead atoms. The molecule has 6 aliphatic rings. The van der Waals surface area contributed by atoms with Crippen molar-refractivity contribution in [3.63, 3.8) is 0 Å². The Labute approximate surface area is 455 Å². The fourth-order valence-electron chi connectivity index (χ4n) is 9.06. The third-order valence-electron chi connectivity index (χ3n) is 13.0. The molecule has 0 N–H and O–H groups in total. The molecule has 2 radical (unpaired) electrons. The Hall–Kier alpha value is -6.46. The van der Waals surface area contributed by atoms with Crippen molar-refractivity contribution in [1.82, 2.24) is 59.3 Å². The van der Waals surface area contributed by atoms with Gasteiger partial charge in [-0.2, -0.15) is 37.2 Å². The van der Waals surface area contributed by atoms with Crippen molar-refractivity contribution in [2.45, 2.75) is 77.0 Å². The van der Waals surface area contributed by atoms with Gasteiger partial charge in [-0.05, 0) is 77.0 Å². The van der Waals surface area contributed by atoms with E-state index in [9.17, 15) is 28.8 Å². The van der Waals surface area contributed by atoms with Crippen LogP contribution in [0.3, 0.4) is 0 Å². The maximum absolute atomic E-state index is 11.6. The van der Waals surface area contributed by atoms with Gasteiger partial charge in [0, 0.05) is 78.5 Å². The van der Waals surface area contributed by atoms with E-state index < -0.39 is 0 Å². The van der Waals surface area contributed by atoms with Gasteiger partial charge in [0.25, 0.3) is 0 Å². The fraction of sp³-hybridized carbons (Fsp3) is 0.444. The molecule has 6 aliphatic heterocycles. The molecule has 6 aromatic rings. The van der Waals surface area contributed by atoms with Crippen LogP contribution >= 0.6 is 0 Å². The van der Waals surface area contributed by atoms with Gasteiger partial charge in [-0.25, -0.2) is 0 Å². The zero-order chi connectivity index (χ0) is 50.3. The van der Waals surface area contributed by atoms with E-state index in [0.29, 0.717) is 34.2 Å². The summed E-state index contributed by atoms with van der Waals surface area (Å²) in [4.78, 5) is 104. The van der Waals surface area contributed by atoms with E-state index in [1.165, 1.54) is 0 Å². The zero-order valence-electron chi connectivity index (χ0n) is 41.9. The minimum atomic E-state index is 0. The van der Waals surface area contributed by atoms with Gasteiger partial charge in [-0.15, -0.1) is 0 Å². The Morgan fingerprint density at radius 1 is 0.243 bits per heavy atom. The van der Waals surface area contributed by atoms with Crippen molar-refractivity contribution in [2.75, 3.05) is 78.5 Å². The third-order valence-corrected chi connectivity index (χ3v) is 13.0. The summed E-state index contributed by atoms with van der Waals surface area (Å²) in [5.74, 6) is 0.486. The Morgan fingerprint density at radius 2 is 0.365 bits per heavy atom. The van der Waals surface area contributed by atoms with Crippen LogP contribution in [0.1, 0.15) is 140 Å². The van der Waals surface area contributed by atoms with Gasteiger partial charge in [0.05, 0.1) is 0 Å². The molecule has 394 valence electrons. The minimum Gasteiger partial charge on any atom is -0.660 e. The number of hydrogen-bond acceptors (Lipinski definition) is 6. The Kier molecular flexibility index (Phi) is 24.7. The zero-order valence-corrected chi connectivity index (χ0v) is 44.1. The van der Waals surface area contributed by atoms with Crippen molar-refractivity contribution < 1.29 is 62.9 Å². The molecule has 6 amide bonds. The first-order chi connectivity index (χ1) is 35.3. The van der Waals surface area contributed by atoms with Gasteiger partial charge in [-0.1, -0.05) is 107 Å². The molecule has 18 nitrogen and oxygen atoms in total. The number of likely N-dealkylation sites (tertiary alicyclic amines) is 6. The third kappa shape index (κ3) is 17.3. The topological polar surface area (TPSA) is 206 Å². The van der Waals surface area contributed by atoms with Crippen molar-refractivity contribution in [1.29, 1.82) is 0 Å². The molecule has 20 heteroatoms. The standard InChI is InChI=1S/6C9H12N2O.2Fe/c6*12-9(8-4-3-5-10-8)11-6-1-2-7-11;;/h6*3-5H,1-2,6-7H2,(H,10,12);;/q;;;;;;2*+3/p-6. The molecule has 12 rings (SSSR count). The SMILES string of the molecule is O=C(c1ccc[n-]1)N1CCCC1.O=C(c1ccc[n-]1)N1CCCC1.O=C(c1ccc[n-]1)N1CCCC1.O=C(c1ccc[n-]1)N1CCCC1.O=C(c1ccc[n-]1)N1CCCC1.O=C(c1ccc[n-]1)N1CCCC1.[Fe+3].[Fe+3]. The van der Waals surface area contributed by atoms with Crippen molar-refractivity contribution in [3.05, 3.63) is 144 Å². The molecule has 12 heterocycles. The Bertz CT molecular complexity index is 2030. The van der Waals surface area contributed by atoms with Crippen LogP contribution in [0.5, 0.6) is 0 Å². The average molecular weight is 1090 g/mol. The van der Waals surface area contributed by atoms with E-state index in [4.69, 9.17) is 0 Å². The number of carbonyl (C=O) groups is 6. The number of hydrogen-bond donors (Lipinski definition) is 0. The van der Waals surface area contributed by atoms with E-state index in [0.717, 1.165) is 156 Å². The quantitative estimate of drug-likeness (QED) is 0.196. The largest absolute Gasteiger partial charge is 3.00 e. The molecule has 0 atom stereocenters. The molecule has 0 saturated carbocycles. The normalized spacial score (nSPS) is 16.4. The van der Waals surface area contributed by atoms with Crippen LogP contribution in [-0.4, -0.2) is 143 Å². The first-order valence-electron chi connectivity index (χ1n) is 25.5.